The molecule has 1 rings (SSSR count). The van der Waals surface area contributed by atoms with Crippen LogP contribution in [0.25, 0.3) is 0 Å². The number of aryl methyl sites for hydroxylation is 1. The molecule has 0 saturated heterocycles. The fraction of sp³-hybridized carbons (Fsp3) is 0.692. The highest BCUT2D eigenvalue weighted by Gasteiger charge is 2.42. The molecule has 0 aliphatic carbocycles. The van der Waals surface area contributed by atoms with Crippen LogP contribution in [-0.4, -0.2) is 32.7 Å². The molecular formula is C13H23N3O2. The predicted molar refractivity (Wildman–Crippen MR) is 70.4 cm³/mol. The maximum absolute atomic E-state index is 11.3. The van der Waals surface area contributed by atoms with Gasteiger partial charge in [-0.05, 0) is 27.7 Å². The number of carboxylic acids is 1. The Balaban J connectivity index is 2.57. The van der Waals surface area contributed by atoms with Crippen LogP contribution in [0.15, 0.2) is 12.4 Å². The number of aromatic nitrogens is 2. The maximum Gasteiger partial charge on any atom is 0.310 e. The third-order valence-corrected chi connectivity index (χ3v) is 3.93. The summed E-state index contributed by atoms with van der Waals surface area (Å²) in [7, 11) is 1.95. The Hall–Kier alpha value is -1.36. The van der Waals surface area contributed by atoms with Crippen LogP contribution < -0.4 is 5.32 Å². The van der Waals surface area contributed by atoms with Crippen molar-refractivity contribution in [3.63, 3.8) is 0 Å². The van der Waals surface area contributed by atoms with Gasteiger partial charge in [0.25, 0.3) is 0 Å². The molecule has 0 fully saturated rings. The number of hydrogen-bond donors (Lipinski definition) is 2. The van der Waals surface area contributed by atoms with Gasteiger partial charge in [-0.3, -0.25) is 4.79 Å². The number of nitrogens with zero attached hydrogens (tertiary/aromatic N) is 2. The number of rotatable bonds is 6. The van der Waals surface area contributed by atoms with Gasteiger partial charge in [-0.15, -0.1) is 0 Å². The van der Waals surface area contributed by atoms with E-state index in [9.17, 15) is 9.90 Å². The molecule has 18 heavy (non-hydrogen) atoms. The topological polar surface area (TPSA) is 67.2 Å². The zero-order valence-electron chi connectivity index (χ0n) is 11.8. The van der Waals surface area contributed by atoms with Crippen molar-refractivity contribution in [2.24, 2.45) is 12.5 Å². The molecule has 5 nitrogen and oxygen atoms in total. The number of nitrogens with one attached hydrogen (secondary N) is 1. The Morgan fingerprint density at radius 3 is 2.50 bits per heavy atom. The monoisotopic (exact) mass is 253 g/mol. The third kappa shape index (κ3) is 2.90. The number of imidazole rings is 1. The minimum absolute atomic E-state index is 0.482. The molecule has 0 aliphatic rings. The van der Waals surface area contributed by atoms with Crippen molar-refractivity contribution in [2.45, 2.75) is 39.7 Å². The summed E-state index contributed by atoms with van der Waals surface area (Å²) in [6, 6.07) is 0. The number of hydrogen-bond acceptors (Lipinski definition) is 3. The van der Waals surface area contributed by atoms with Crippen molar-refractivity contribution in [3.05, 3.63) is 18.2 Å². The second-order valence-electron chi connectivity index (χ2n) is 5.69. The van der Waals surface area contributed by atoms with E-state index in [0.29, 0.717) is 6.54 Å². The van der Waals surface area contributed by atoms with Gasteiger partial charge < -0.3 is 15.0 Å². The van der Waals surface area contributed by atoms with E-state index in [-0.39, 0.29) is 0 Å². The Labute approximate surface area is 108 Å². The molecule has 1 heterocycles. The Bertz CT molecular complexity index is 422. The average molecular weight is 253 g/mol. The fourth-order valence-corrected chi connectivity index (χ4v) is 1.61. The number of carboxylic acid groups (broad SMARTS) is 1. The lowest BCUT2D eigenvalue weighted by Gasteiger charge is -2.39. The fourth-order valence-electron chi connectivity index (χ4n) is 1.61. The Morgan fingerprint density at radius 2 is 2.06 bits per heavy atom. The smallest absolute Gasteiger partial charge is 0.310 e. The van der Waals surface area contributed by atoms with E-state index >= 15 is 0 Å². The van der Waals surface area contributed by atoms with Crippen LogP contribution in [0.1, 0.15) is 33.5 Å². The molecule has 0 unspecified atom stereocenters. The normalized spacial score (nSPS) is 12.7. The van der Waals surface area contributed by atoms with E-state index in [0.717, 1.165) is 12.2 Å². The van der Waals surface area contributed by atoms with Crippen molar-refractivity contribution in [1.82, 2.24) is 14.9 Å². The summed E-state index contributed by atoms with van der Waals surface area (Å²) in [5.41, 5.74) is -1.31. The molecule has 0 saturated carbocycles. The van der Waals surface area contributed by atoms with E-state index < -0.39 is 16.9 Å². The van der Waals surface area contributed by atoms with Gasteiger partial charge in [0.1, 0.15) is 5.82 Å². The van der Waals surface area contributed by atoms with E-state index in [4.69, 9.17) is 0 Å². The lowest BCUT2D eigenvalue weighted by molar-refractivity contribution is -0.151. The van der Waals surface area contributed by atoms with Crippen molar-refractivity contribution < 1.29 is 9.90 Å². The van der Waals surface area contributed by atoms with Crippen LogP contribution in [-0.2, 0) is 18.3 Å². The first kappa shape index (κ1) is 14.7. The largest absolute Gasteiger partial charge is 0.481 e. The first-order valence-corrected chi connectivity index (χ1v) is 6.13. The highest BCUT2D eigenvalue weighted by Crippen LogP contribution is 2.30. The molecule has 0 radical (unpaired) electrons. The van der Waals surface area contributed by atoms with Crippen LogP contribution in [0.4, 0.5) is 0 Å². The van der Waals surface area contributed by atoms with Gasteiger partial charge in [0, 0.05) is 37.9 Å². The molecule has 2 N–H and O–H groups in total. The lowest BCUT2D eigenvalue weighted by atomic mass is 9.74. The van der Waals surface area contributed by atoms with Gasteiger partial charge in [0.15, 0.2) is 0 Å². The lowest BCUT2D eigenvalue weighted by Crippen LogP contribution is -2.55. The summed E-state index contributed by atoms with van der Waals surface area (Å²) in [5, 5.41) is 12.6. The zero-order valence-corrected chi connectivity index (χ0v) is 11.8. The summed E-state index contributed by atoms with van der Waals surface area (Å²) in [6.45, 7) is 8.01. The van der Waals surface area contributed by atoms with Crippen LogP contribution in [0.3, 0.4) is 0 Å². The Kier molecular flexibility index (Phi) is 4.16. The molecule has 0 aliphatic heterocycles. The third-order valence-electron chi connectivity index (χ3n) is 3.93. The van der Waals surface area contributed by atoms with E-state index in [1.54, 1.807) is 20.0 Å². The number of aliphatic carboxylic acids is 1. The quantitative estimate of drug-likeness (QED) is 0.805. The van der Waals surface area contributed by atoms with Crippen molar-refractivity contribution in [1.29, 1.82) is 0 Å². The van der Waals surface area contributed by atoms with Gasteiger partial charge in [-0.25, -0.2) is 4.98 Å². The van der Waals surface area contributed by atoms with Crippen molar-refractivity contribution in [2.75, 3.05) is 6.54 Å². The van der Waals surface area contributed by atoms with Crippen molar-refractivity contribution >= 4 is 5.97 Å². The predicted octanol–water partition coefficient (Wildman–Crippen LogP) is 1.44. The van der Waals surface area contributed by atoms with Gasteiger partial charge in [0.2, 0.25) is 0 Å². The minimum atomic E-state index is -0.825. The molecule has 5 heteroatoms. The zero-order chi connectivity index (χ0) is 14.0. The molecule has 0 atom stereocenters. The summed E-state index contributed by atoms with van der Waals surface area (Å²) in [4.78, 5) is 15.5. The molecule has 0 spiro atoms. The van der Waals surface area contributed by atoms with Crippen LogP contribution in [0, 0.1) is 5.41 Å². The van der Waals surface area contributed by atoms with E-state index in [1.165, 1.54) is 0 Å². The van der Waals surface area contributed by atoms with Crippen LogP contribution >= 0.6 is 0 Å². The van der Waals surface area contributed by atoms with Gasteiger partial charge in [-0.2, -0.15) is 0 Å². The SMILES string of the molecule is Cn1ccnc1CCNC(C)(C)C(C)(C)C(=O)O. The molecule has 102 valence electrons. The number of carbonyl (C=O) groups is 1. The minimum Gasteiger partial charge on any atom is -0.481 e. The van der Waals surface area contributed by atoms with Gasteiger partial charge >= 0.3 is 5.97 Å². The summed E-state index contributed by atoms with van der Waals surface area (Å²) in [6.07, 6.45) is 4.45. The summed E-state index contributed by atoms with van der Waals surface area (Å²) in [5.74, 6) is 0.198. The van der Waals surface area contributed by atoms with Crippen LogP contribution in [0.5, 0.6) is 0 Å². The Morgan fingerprint density at radius 1 is 1.44 bits per heavy atom. The molecule has 0 aromatic carbocycles. The van der Waals surface area contributed by atoms with E-state index in [1.807, 2.05) is 31.7 Å². The molecular weight excluding hydrogens is 230 g/mol. The average Bonchev–Trinajstić information content (AvgIpc) is 2.63. The second-order valence-corrected chi connectivity index (χ2v) is 5.69. The second kappa shape index (κ2) is 5.10. The highest BCUT2D eigenvalue weighted by atomic mass is 16.4. The first-order valence-electron chi connectivity index (χ1n) is 6.13. The summed E-state index contributed by atoms with van der Waals surface area (Å²) >= 11 is 0. The van der Waals surface area contributed by atoms with Gasteiger partial charge in [-0.1, -0.05) is 0 Å². The van der Waals surface area contributed by atoms with Crippen molar-refractivity contribution in [3.8, 4) is 0 Å². The summed E-state index contributed by atoms with van der Waals surface area (Å²) < 4.78 is 1.97. The first-order chi connectivity index (χ1) is 8.18. The van der Waals surface area contributed by atoms with Gasteiger partial charge in [0.05, 0.1) is 5.41 Å². The standard InChI is InChI=1S/C13H23N3O2/c1-12(2,11(17)18)13(3,4)15-7-6-10-14-8-9-16(10)5/h8-9,15H,6-7H2,1-5H3,(H,17,18). The maximum atomic E-state index is 11.3. The molecule has 0 amide bonds. The molecule has 0 bridgehead atoms. The molecule has 1 aromatic rings. The van der Waals surface area contributed by atoms with E-state index in [2.05, 4.69) is 10.3 Å². The van der Waals surface area contributed by atoms with Crippen LogP contribution in [0.2, 0.25) is 0 Å². The highest BCUT2D eigenvalue weighted by molar-refractivity contribution is 5.75. The molecule has 1 aromatic heterocycles.